The van der Waals surface area contributed by atoms with Crippen molar-refractivity contribution in [3.05, 3.63) is 0 Å². The van der Waals surface area contributed by atoms with Gasteiger partial charge in [0.2, 0.25) is 11.8 Å². The summed E-state index contributed by atoms with van der Waals surface area (Å²) in [7, 11) is 3.25. The summed E-state index contributed by atoms with van der Waals surface area (Å²) in [5.41, 5.74) is 0. The van der Waals surface area contributed by atoms with E-state index < -0.39 is 0 Å². The first-order chi connectivity index (χ1) is 8.04. The molecule has 0 saturated carbocycles. The number of hydrogen-bond acceptors (Lipinski definition) is 3. The molecule has 0 aromatic rings. The van der Waals surface area contributed by atoms with Crippen LogP contribution in [-0.2, 0) is 9.59 Å². The number of rotatable bonds is 4. The second-order valence-electron chi connectivity index (χ2n) is 4.81. The molecule has 2 amide bonds. The maximum absolute atomic E-state index is 11.9. The summed E-state index contributed by atoms with van der Waals surface area (Å²) in [6.07, 6.45) is 2.83. The fraction of sp³-hybridized carbons (Fsp3) is 0.833. The lowest BCUT2D eigenvalue weighted by Crippen LogP contribution is -2.45. The Morgan fingerprint density at radius 3 is 2.76 bits per heavy atom. The van der Waals surface area contributed by atoms with Crippen LogP contribution < -0.4 is 10.6 Å². The number of carbonyl (C=O) groups is 2. The highest BCUT2D eigenvalue weighted by atomic mass is 16.2. The molecule has 0 radical (unpaired) electrons. The van der Waals surface area contributed by atoms with Gasteiger partial charge in [0, 0.05) is 26.6 Å². The third-order valence-corrected chi connectivity index (χ3v) is 3.41. The Kier molecular flexibility index (Phi) is 5.41. The summed E-state index contributed by atoms with van der Waals surface area (Å²) in [6, 6.07) is 0.253. The van der Waals surface area contributed by atoms with E-state index in [1.165, 1.54) is 17.7 Å². The van der Waals surface area contributed by atoms with Crippen molar-refractivity contribution >= 4 is 11.8 Å². The van der Waals surface area contributed by atoms with Gasteiger partial charge < -0.3 is 15.5 Å². The molecule has 0 spiro atoms. The smallest absolute Gasteiger partial charge is 0.239 e. The summed E-state index contributed by atoms with van der Waals surface area (Å²) in [6.45, 7) is 3.29. The molecule has 0 aliphatic carbocycles. The van der Waals surface area contributed by atoms with Crippen molar-refractivity contribution in [2.75, 3.05) is 27.2 Å². The van der Waals surface area contributed by atoms with E-state index in [9.17, 15) is 9.59 Å². The molecule has 0 aromatic heterocycles. The van der Waals surface area contributed by atoms with Crippen LogP contribution in [0, 0.1) is 5.92 Å². The lowest BCUT2D eigenvalue weighted by Gasteiger charge is -2.30. The normalized spacial score (nSPS) is 24.2. The van der Waals surface area contributed by atoms with Crippen LogP contribution in [0.3, 0.4) is 0 Å². The zero-order valence-electron chi connectivity index (χ0n) is 11.0. The van der Waals surface area contributed by atoms with Crippen molar-refractivity contribution in [3.63, 3.8) is 0 Å². The third-order valence-electron chi connectivity index (χ3n) is 3.41. The van der Waals surface area contributed by atoms with E-state index >= 15 is 0 Å². The number of hydrogen-bond donors (Lipinski definition) is 2. The highest BCUT2D eigenvalue weighted by Gasteiger charge is 2.24. The second kappa shape index (κ2) is 6.59. The van der Waals surface area contributed by atoms with E-state index in [2.05, 4.69) is 17.6 Å². The SMILES string of the molecule is CNC(=O)CN(C)C(=O)CC1NCCCC1C. The lowest BCUT2D eigenvalue weighted by atomic mass is 9.90. The molecule has 1 saturated heterocycles. The van der Waals surface area contributed by atoms with Gasteiger partial charge in [-0.05, 0) is 25.3 Å². The molecular formula is C12H23N3O2. The van der Waals surface area contributed by atoms with Crippen LogP contribution in [0.25, 0.3) is 0 Å². The fourth-order valence-corrected chi connectivity index (χ4v) is 2.11. The molecule has 5 nitrogen and oxygen atoms in total. The van der Waals surface area contributed by atoms with Crippen molar-refractivity contribution < 1.29 is 9.59 Å². The van der Waals surface area contributed by atoms with E-state index in [1.54, 1.807) is 14.1 Å². The average Bonchev–Trinajstić information content (AvgIpc) is 2.31. The molecule has 17 heavy (non-hydrogen) atoms. The Morgan fingerprint density at radius 1 is 1.47 bits per heavy atom. The van der Waals surface area contributed by atoms with Gasteiger partial charge in [-0.15, -0.1) is 0 Å². The highest BCUT2D eigenvalue weighted by molar-refractivity contribution is 5.84. The predicted octanol–water partition coefficient (Wildman–Crippen LogP) is -0.0310. The molecule has 1 aliphatic rings. The van der Waals surface area contributed by atoms with E-state index in [1.807, 2.05) is 0 Å². The zero-order chi connectivity index (χ0) is 12.8. The molecule has 1 aliphatic heterocycles. The topological polar surface area (TPSA) is 61.4 Å². The maximum atomic E-state index is 11.9. The first-order valence-electron chi connectivity index (χ1n) is 6.22. The molecule has 5 heteroatoms. The minimum absolute atomic E-state index is 0.0276. The molecule has 1 fully saturated rings. The van der Waals surface area contributed by atoms with Crippen LogP contribution in [0.5, 0.6) is 0 Å². The number of nitrogens with zero attached hydrogens (tertiary/aromatic N) is 1. The van der Waals surface area contributed by atoms with Crippen LogP contribution in [0.1, 0.15) is 26.2 Å². The van der Waals surface area contributed by atoms with Crippen molar-refractivity contribution in [2.24, 2.45) is 5.92 Å². The van der Waals surface area contributed by atoms with Gasteiger partial charge in [-0.3, -0.25) is 9.59 Å². The Bertz CT molecular complexity index is 281. The van der Waals surface area contributed by atoms with E-state index in [0.29, 0.717) is 12.3 Å². The van der Waals surface area contributed by atoms with Gasteiger partial charge in [0.25, 0.3) is 0 Å². The zero-order valence-corrected chi connectivity index (χ0v) is 11.0. The number of likely N-dealkylation sites (N-methyl/N-ethyl adjacent to an activating group) is 2. The number of piperidine rings is 1. The molecule has 0 bridgehead atoms. The Hall–Kier alpha value is -1.10. The van der Waals surface area contributed by atoms with Crippen molar-refractivity contribution in [3.8, 4) is 0 Å². The Balaban J connectivity index is 2.39. The standard InChI is InChI=1S/C12H23N3O2/c1-9-5-4-6-14-10(9)7-12(17)15(3)8-11(16)13-2/h9-10,14H,4-8H2,1-3H3,(H,13,16). The monoisotopic (exact) mass is 241 g/mol. The summed E-state index contributed by atoms with van der Waals surface area (Å²) in [4.78, 5) is 24.6. The van der Waals surface area contributed by atoms with Crippen molar-refractivity contribution in [2.45, 2.75) is 32.2 Å². The van der Waals surface area contributed by atoms with Crippen LogP contribution in [0.2, 0.25) is 0 Å². The van der Waals surface area contributed by atoms with Gasteiger partial charge in [0.1, 0.15) is 0 Å². The highest BCUT2D eigenvalue weighted by Crippen LogP contribution is 2.18. The van der Waals surface area contributed by atoms with Crippen LogP contribution in [0.4, 0.5) is 0 Å². The van der Waals surface area contributed by atoms with Crippen molar-refractivity contribution in [1.29, 1.82) is 0 Å². The first-order valence-corrected chi connectivity index (χ1v) is 6.22. The van der Waals surface area contributed by atoms with Crippen LogP contribution in [-0.4, -0.2) is 49.9 Å². The van der Waals surface area contributed by atoms with Gasteiger partial charge >= 0.3 is 0 Å². The molecule has 2 N–H and O–H groups in total. The Morgan fingerprint density at radius 2 is 2.18 bits per heavy atom. The lowest BCUT2D eigenvalue weighted by molar-refractivity contribution is -0.135. The largest absolute Gasteiger partial charge is 0.358 e. The first kappa shape index (κ1) is 14.0. The predicted molar refractivity (Wildman–Crippen MR) is 66.5 cm³/mol. The molecule has 2 atom stereocenters. The van der Waals surface area contributed by atoms with Gasteiger partial charge in [-0.2, -0.15) is 0 Å². The second-order valence-corrected chi connectivity index (χ2v) is 4.81. The maximum Gasteiger partial charge on any atom is 0.239 e. The number of nitrogens with one attached hydrogen (secondary N) is 2. The molecule has 2 unspecified atom stereocenters. The molecular weight excluding hydrogens is 218 g/mol. The summed E-state index contributed by atoms with van der Waals surface area (Å²) >= 11 is 0. The van der Waals surface area contributed by atoms with Gasteiger partial charge in [-0.25, -0.2) is 0 Å². The summed E-state index contributed by atoms with van der Waals surface area (Å²) in [5.74, 6) is 0.423. The molecule has 0 aromatic carbocycles. The van der Waals surface area contributed by atoms with E-state index in [-0.39, 0.29) is 24.4 Å². The van der Waals surface area contributed by atoms with Crippen LogP contribution in [0.15, 0.2) is 0 Å². The Labute approximate surface area is 103 Å². The van der Waals surface area contributed by atoms with Gasteiger partial charge in [0.15, 0.2) is 0 Å². The van der Waals surface area contributed by atoms with Crippen LogP contribution >= 0.6 is 0 Å². The number of amides is 2. The van der Waals surface area contributed by atoms with Crippen molar-refractivity contribution in [1.82, 2.24) is 15.5 Å². The molecule has 1 heterocycles. The minimum atomic E-state index is -0.134. The quantitative estimate of drug-likeness (QED) is 0.726. The van der Waals surface area contributed by atoms with E-state index in [4.69, 9.17) is 0 Å². The third kappa shape index (κ3) is 4.34. The minimum Gasteiger partial charge on any atom is -0.358 e. The average molecular weight is 241 g/mol. The number of carbonyl (C=O) groups excluding carboxylic acids is 2. The molecule has 1 rings (SSSR count). The summed E-state index contributed by atoms with van der Waals surface area (Å²) < 4.78 is 0. The van der Waals surface area contributed by atoms with E-state index in [0.717, 1.165) is 6.54 Å². The molecule has 98 valence electrons. The van der Waals surface area contributed by atoms with Gasteiger partial charge in [0.05, 0.1) is 6.54 Å². The van der Waals surface area contributed by atoms with Gasteiger partial charge in [-0.1, -0.05) is 6.92 Å². The fourth-order valence-electron chi connectivity index (χ4n) is 2.11. The summed E-state index contributed by atoms with van der Waals surface area (Å²) in [5, 5.41) is 5.89.